The summed E-state index contributed by atoms with van der Waals surface area (Å²) in [7, 11) is 0. The van der Waals surface area contributed by atoms with Crippen LogP contribution < -0.4 is 10.1 Å². The van der Waals surface area contributed by atoms with Crippen LogP contribution in [0, 0.1) is 0 Å². The second-order valence-electron chi connectivity index (χ2n) is 5.32. The van der Waals surface area contributed by atoms with Crippen molar-refractivity contribution >= 4 is 52.5 Å². The monoisotopic (exact) mass is 449 g/mol. The van der Waals surface area contributed by atoms with Crippen molar-refractivity contribution in [3.8, 4) is 5.75 Å². The molecule has 0 fully saturated rings. The fourth-order valence-corrected chi connectivity index (χ4v) is 3.11. The van der Waals surface area contributed by atoms with Gasteiger partial charge in [0.2, 0.25) is 0 Å². The van der Waals surface area contributed by atoms with Crippen LogP contribution in [0.2, 0.25) is 10.0 Å². The van der Waals surface area contributed by atoms with Crippen molar-refractivity contribution in [3.05, 3.63) is 58.1 Å². The zero-order valence-electron chi connectivity index (χ0n) is 14.3. The second-order valence-corrected chi connectivity index (χ2v) is 7.12. The number of alkyl halides is 2. The molecule has 2 aromatic carbocycles. The molecule has 0 bridgehead atoms. The van der Waals surface area contributed by atoms with Crippen molar-refractivity contribution in [3.63, 3.8) is 0 Å². The van der Waals surface area contributed by atoms with E-state index in [4.69, 9.17) is 27.9 Å². The van der Waals surface area contributed by atoms with Crippen molar-refractivity contribution in [2.24, 2.45) is 0 Å². The van der Waals surface area contributed by atoms with Gasteiger partial charge in [-0.05, 0) is 29.8 Å². The highest BCUT2D eigenvalue weighted by Gasteiger charge is 2.13. The molecule has 5 nitrogen and oxygen atoms in total. The molecule has 0 radical (unpaired) electrons. The number of amides is 1. The van der Waals surface area contributed by atoms with Gasteiger partial charge in [0.25, 0.3) is 5.91 Å². The molecule has 0 aliphatic carbocycles. The number of para-hydroxylation sites is 2. The molecule has 0 saturated heterocycles. The van der Waals surface area contributed by atoms with Gasteiger partial charge < -0.3 is 14.8 Å². The highest BCUT2D eigenvalue weighted by molar-refractivity contribution is 7.99. The van der Waals surface area contributed by atoms with Crippen LogP contribution in [0.3, 0.4) is 0 Å². The number of anilines is 1. The molecule has 0 spiro atoms. The van der Waals surface area contributed by atoms with Crippen LogP contribution in [0.25, 0.3) is 0 Å². The fourth-order valence-electron chi connectivity index (χ4n) is 2.02. The Kier molecular flexibility index (Phi) is 8.82. The van der Waals surface area contributed by atoms with Crippen molar-refractivity contribution in [2.75, 3.05) is 17.7 Å². The largest absolute Gasteiger partial charge is 0.455 e. The molecule has 1 N–H and O–H groups in total. The third-order valence-corrected chi connectivity index (χ3v) is 4.93. The van der Waals surface area contributed by atoms with Crippen molar-refractivity contribution in [1.82, 2.24) is 0 Å². The minimum absolute atomic E-state index is 0.0264. The van der Waals surface area contributed by atoms with Crippen molar-refractivity contribution in [1.29, 1.82) is 0 Å². The quantitative estimate of drug-likeness (QED) is 0.545. The van der Waals surface area contributed by atoms with Crippen LogP contribution >= 0.6 is 35.0 Å². The van der Waals surface area contributed by atoms with E-state index < -0.39 is 25.1 Å². The lowest BCUT2D eigenvalue weighted by atomic mass is 10.2. The Bertz CT molecular complexity index is 839. The summed E-state index contributed by atoms with van der Waals surface area (Å²) < 4.78 is 33.9. The summed E-state index contributed by atoms with van der Waals surface area (Å²) in [6, 6.07) is 10.9. The maximum Gasteiger partial charge on any atom is 0.387 e. The molecule has 0 heterocycles. The Balaban J connectivity index is 1.73. The smallest absolute Gasteiger partial charge is 0.387 e. The van der Waals surface area contributed by atoms with E-state index in [-0.39, 0.29) is 17.2 Å². The van der Waals surface area contributed by atoms with Gasteiger partial charge in [-0.3, -0.25) is 9.59 Å². The van der Waals surface area contributed by atoms with Crippen LogP contribution in [0.15, 0.2) is 42.5 Å². The van der Waals surface area contributed by atoms with Crippen LogP contribution in [0.1, 0.15) is 5.56 Å². The van der Waals surface area contributed by atoms with E-state index in [1.165, 1.54) is 30.0 Å². The molecule has 0 saturated carbocycles. The van der Waals surface area contributed by atoms with E-state index in [1.54, 1.807) is 24.3 Å². The number of thioether (sulfide) groups is 1. The molecular weight excluding hydrogens is 435 g/mol. The fraction of sp³-hybridized carbons (Fsp3) is 0.222. The number of rotatable bonds is 9. The summed E-state index contributed by atoms with van der Waals surface area (Å²) >= 11 is 13.0. The number of ether oxygens (including phenoxy) is 2. The lowest BCUT2D eigenvalue weighted by molar-refractivity contribution is -0.144. The predicted octanol–water partition coefficient (Wildman–Crippen LogP) is 5.01. The third kappa shape index (κ3) is 7.53. The number of nitrogens with one attached hydrogen (secondary N) is 1. The Morgan fingerprint density at radius 3 is 2.57 bits per heavy atom. The zero-order chi connectivity index (χ0) is 20.5. The van der Waals surface area contributed by atoms with E-state index in [0.29, 0.717) is 15.8 Å². The first-order valence-electron chi connectivity index (χ1n) is 7.86. The predicted molar refractivity (Wildman–Crippen MR) is 105 cm³/mol. The van der Waals surface area contributed by atoms with Gasteiger partial charge in [-0.2, -0.15) is 8.78 Å². The first kappa shape index (κ1) is 22.3. The molecule has 0 unspecified atom stereocenters. The second kappa shape index (κ2) is 11.1. The first-order valence-corrected chi connectivity index (χ1v) is 9.77. The maximum atomic E-state index is 12.4. The molecule has 0 aliphatic rings. The zero-order valence-corrected chi connectivity index (χ0v) is 16.6. The van der Waals surface area contributed by atoms with Gasteiger partial charge in [-0.25, -0.2) is 0 Å². The number of hydrogen-bond acceptors (Lipinski definition) is 5. The standard InChI is InChI=1S/C18H15Cl2F2NO4S/c19-12-6-5-11(7-13(12)20)9-28-10-17(25)26-8-16(24)23-14-3-1-2-4-15(14)27-18(21)22/h1-7,18H,8-10H2,(H,23,24). The Labute approximate surface area is 174 Å². The number of halogens is 4. The van der Waals surface area contributed by atoms with Gasteiger partial charge in [-0.1, -0.05) is 41.4 Å². The number of hydrogen-bond donors (Lipinski definition) is 1. The summed E-state index contributed by atoms with van der Waals surface area (Å²) in [6.07, 6.45) is 0. The van der Waals surface area contributed by atoms with Gasteiger partial charge >= 0.3 is 12.6 Å². The van der Waals surface area contributed by atoms with Gasteiger partial charge in [0.1, 0.15) is 5.75 Å². The van der Waals surface area contributed by atoms with Gasteiger partial charge in [0, 0.05) is 5.75 Å². The number of carbonyl (C=O) groups is 2. The van der Waals surface area contributed by atoms with Gasteiger partial charge in [-0.15, -0.1) is 11.8 Å². The highest BCUT2D eigenvalue weighted by atomic mass is 35.5. The average molecular weight is 450 g/mol. The van der Waals surface area contributed by atoms with Gasteiger partial charge in [0.05, 0.1) is 21.5 Å². The van der Waals surface area contributed by atoms with Crippen LogP contribution in [0.5, 0.6) is 5.75 Å². The molecule has 1 amide bonds. The summed E-state index contributed by atoms with van der Waals surface area (Å²) in [4.78, 5) is 23.6. The van der Waals surface area contributed by atoms with Crippen LogP contribution in [0.4, 0.5) is 14.5 Å². The Hall–Kier alpha value is -2.03. The molecule has 0 atom stereocenters. The molecule has 0 aromatic heterocycles. The molecule has 0 aliphatic heterocycles. The van der Waals surface area contributed by atoms with E-state index in [9.17, 15) is 18.4 Å². The average Bonchev–Trinajstić information content (AvgIpc) is 2.64. The number of esters is 1. The molecule has 10 heteroatoms. The summed E-state index contributed by atoms with van der Waals surface area (Å²) in [6.45, 7) is -3.57. The highest BCUT2D eigenvalue weighted by Crippen LogP contribution is 2.26. The lowest BCUT2D eigenvalue weighted by Gasteiger charge is -2.11. The molecular formula is C18H15Cl2F2NO4S. The van der Waals surface area contributed by atoms with Crippen molar-refractivity contribution < 1.29 is 27.8 Å². The number of carbonyl (C=O) groups excluding carboxylic acids is 2. The van der Waals surface area contributed by atoms with E-state index in [0.717, 1.165) is 5.56 Å². The molecule has 150 valence electrons. The van der Waals surface area contributed by atoms with E-state index >= 15 is 0 Å². The molecule has 28 heavy (non-hydrogen) atoms. The Morgan fingerprint density at radius 2 is 1.86 bits per heavy atom. The Morgan fingerprint density at radius 1 is 1.11 bits per heavy atom. The summed E-state index contributed by atoms with van der Waals surface area (Å²) in [5.74, 6) is -0.908. The van der Waals surface area contributed by atoms with E-state index in [2.05, 4.69) is 10.1 Å². The normalized spacial score (nSPS) is 10.6. The summed E-state index contributed by atoms with van der Waals surface area (Å²) in [5, 5.41) is 3.23. The third-order valence-electron chi connectivity index (χ3n) is 3.21. The number of benzene rings is 2. The summed E-state index contributed by atoms with van der Waals surface area (Å²) in [5.41, 5.74) is 0.943. The van der Waals surface area contributed by atoms with Crippen molar-refractivity contribution in [2.45, 2.75) is 12.4 Å². The first-order chi connectivity index (χ1) is 13.3. The minimum Gasteiger partial charge on any atom is -0.455 e. The maximum absolute atomic E-state index is 12.4. The van der Waals surface area contributed by atoms with E-state index in [1.807, 2.05) is 0 Å². The molecule has 2 rings (SSSR count). The lowest BCUT2D eigenvalue weighted by Crippen LogP contribution is -2.22. The van der Waals surface area contributed by atoms with Gasteiger partial charge in [0.15, 0.2) is 6.61 Å². The SMILES string of the molecule is O=C(COC(=O)CSCc1ccc(Cl)c(Cl)c1)Nc1ccccc1OC(F)F. The van der Waals surface area contributed by atoms with Crippen LogP contribution in [-0.2, 0) is 20.1 Å². The topological polar surface area (TPSA) is 64.6 Å². The minimum atomic E-state index is -3.02. The molecule has 2 aromatic rings. The van der Waals surface area contributed by atoms with Crippen LogP contribution in [-0.4, -0.2) is 30.8 Å².